The van der Waals surface area contributed by atoms with Crippen LogP contribution in [-0.2, 0) is 4.79 Å². The Hall–Kier alpha value is -0.730. The Morgan fingerprint density at radius 1 is 1.56 bits per heavy atom. The number of nitriles is 1. The predicted molar refractivity (Wildman–Crippen MR) is 66.2 cm³/mol. The molecular formula is C11H19N3OS. The van der Waals surface area contributed by atoms with Gasteiger partial charge in [0.15, 0.2) is 0 Å². The molecule has 0 spiro atoms. The quantitative estimate of drug-likeness (QED) is 0.770. The second-order valence-corrected chi connectivity index (χ2v) is 5.06. The molecule has 1 unspecified atom stereocenters. The van der Waals surface area contributed by atoms with Crippen molar-refractivity contribution in [3.63, 3.8) is 0 Å². The van der Waals surface area contributed by atoms with Crippen molar-refractivity contribution < 1.29 is 4.79 Å². The highest BCUT2D eigenvalue weighted by molar-refractivity contribution is 7.99. The molecule has 1 atom stereocenters. The van der Waals surface area contributed by atoms with Gasteiger partial charge in [0, 0.05) is 37.7 Å². The fraction of sp³-hybridized carbons (Fsp3) is 0.818. The van der Waals surface area contributed by atoms with Gasteiger partial charge in [-0.3, -0.25) is 9.69 Å². The second-order valence-electron chi connectivity index (χ2n) is 3.83. The van der Waals surface area contributed by atoms with Crippen molar-refractivity contribution in [3.05, 3.63) is 0 Å². The van der Waals surface area contributed by atoms with E-state index < -0.39 is 5.92 Å². The summed E-state index contributed by atoms with van der Waals surface area (Å²) in [7, 11) is 0. The van der Waals surface area contributed by atoms with Crippen molar-refractivity contribution in [2.24, 2.45) is 5.92 Å². The van der Waals surface area contributed by atoms with Crippen LogP contribution in [0, 0.1) is 17.2 Å². The number of thioether (sulfide) groups is 1. The van der Waals surface area contributed by atoms with Crippen LogP contribution in [0.2, 0.25) is 0 Å². The van der Waals surface area contributed by atoms with Crippen LogP contribution in [0.3, 0.4) is 0 Å². The number of amides is 1. The van der Waals surface area contributed by atoms with Crippen LogP contribution in [0.25, 0.3) is 0 Å². The molecule has 0 aromatic carbocycles. The van der Waals surface area contributed by atoms with E-state index in [9.17, 15) is 4.79 Å². The van der Waals surface area contributed by atoms with Gasteiger partial charge < -0.3 is 5.32 Å². The molecule has 0 bridgehead atoms. The van der Waals surface area contributed by atoms with Gasteiger partial charge in [-0.1, -0.05) is 6.92 Å². The topological polar surface area (TPSA) is 56.1 Å². The molecular weight excluding hydrogens is 222 g/mol. The van der Waals surface area contributed by atoms with Crippen molar-refractivity contribution in [2.75, 3.05) is 37.7 Å². The summed E-state index contributed by atoms with van der Waals surface area (Å²) in [6.45, 7) is 5.62. The van der Waals surface area contributed by atoms with Crippen molar-refractivity contribution >= 4 is 17.7 Å². The Morgan fingerprint density at radius 3 is 2.81 bits per heavy atom. The molecule has 1 fully saturated rings. The van der Waals surface area contributed by atoms with E-state index >= 15 is 0 Å². The molecule has 4 nitrogen and oxygen atoms in total. The lowest BCUT2D eigenvalue weighted by molar-refractivity contribution is -0.123. The number of nitrogens with zero attached hydrogens (tertiary/aromatic N) is 2. The zero-order valence-corrected chi connectivity index (χ0v) is 10.6. The summed E-state index contributed by atoms with van der Waals surface area (Å²) in [6.07, 6.45) is 0.586. The highest BCUT2D eigenvalue weighted by Crippen LogP contribution is 2.08. The fourth-order valence-corrected chi connectivity index (χ4v) is 2.60. The molecule has 1 rings (SSSR count). The maximum atomic E-state index is 11.5. The Balaban J connectivity index is 2.14. The maximum Gasteiger partial charge on any atom is 0.237 e. The Bertz CT molecular complexity index is 258. The minimum atomic E-state index is -0.489. The molecule has 1 N–H and O–H groups in total. The van der Waals surface area contributed by atoms with E-state index in [-0.39, 0.29) is 5.91 Å². The van der Waals surface area contributed by atoms with E-state index in [0.29, 0.717) is 13.0 Å². The first-order valence-corrected chi connectivity index (χ1v) is 6.90. The first-order chi connectivity index (χ1) is 7.77. The van der Waals surface area contributed by atoms with E-state index in [0.717, 1.165) is 19.6 Å². The first kappa shape index (κ1) is 13.3. The average molecular weight is 241 g/mol. The number of hydrogen-bond donors (Lipinski definition) is 1. The summed E-state index contributed by atoms with van der Waals surface area (Å²) in [4.78, 5) is 13.8. The van der Waals surface area contributed by atoms with Gasteiger partial charge in [0.2, 0.25) is 5.91 Å². The molecule has 1 saturated heterocycles. The molecule has 1 heterocycles. The third-order valence-electron chi connectivity index (χ3n) is 2.71. The Morgan fingerprint density at radius 2 is 2.25 bits per heavy atom. The third kappa shape index (κ3) is 4.42. The molecule has 1 aliphatic heterocycles. The average Bonchev–Trinajstić information content (AvgIpc) is 2.32. The normalized spacial score (nSPS) is 18.8. The summed E-state index contributed by atoms with van der Waals surface area (Å²) >= 11 is 1.98. The molecule has 90 valence electrons. The molecule has 0 radical (unpaired) electrons. The molecule has 16 heavy (non-hydrogen) atoms. The van der Waals surface area contributed by atoms with Gasteiger partial charge >= 0.3 is 0 Å². The van der Waals surface area contributed by atoms with Gasteiger partial charge in [-0.25, -0.2) is 0 Å². The molecule has 5 heteroatoms. The van der Waals surface area contributed by atoms with Crippen LogP contribution >= 0.6 is 11.8 Å². The number of carbonyl (C=O) groups is 1. The maximum absolute atomic E-state index is 11.5. The van der Waals surface area contributed by atoms with Crippen molar-refractivity contribution in [2.45, 2.75) is 13.3 Å². The van der Waals surface area contributed by atoms with Crippen molar-refractivity contribution in [1.82, 2.24) is 10.2 Å². The zero-order valence-electron chi connectivity index (χ0n) is 9.74. The standard InChI is InChI=1S/C11H19N3OS/c1-2-10(9-12)11(15)13-3-4-14-5-7-16-8-6-14/h10H,2-8H2,1H3,(H,13,15). The number of nitrogens with one attached hydrogen (secondary N) is 1. The number of hydrogen-bond acceptors (Lipinski definition) is 4. The monoisotopic (exact) mass is 241 g/mol. The highest BCUT2D eigenvalue weighted by Gasteiger charge is 2.15. The Labute approximate surface area is 101 Å². The summed E-state index contributed by atoms with van der Waals surface area (Å²) in [5.74, 6) is 1.75. The first-order valence-electron chi connectivity index (χ1n) is 5.75. The lowest BCUT2D eigenvalue weighted by Crippen LogP contribution is -2.40. The number of rotatable bonds is 5. The highest BCUT2D eigenvalue weighted by atomic mass is 32.2. The van der Waals surface area contributed by atoms with Crippen LogP contribution in [0.1, 0.15) is 13.3 Å². The smallest absolute Gasteiger partial charge is 0.237 e. The molecule has 0 aliphatic carbocycles. The minimum Gasteiger partial charge on any atom is -0.354 e. The SMILES string of the molecule is CCC(C#N)C(=O)NCCN1CCSCC1. The lowest BCUT2D eigenvalue weighted by Gasteiger charge is -2.26. The summed E-state index contributed by atoms with van der Waals surface area (Å²) in [5, 5.41) is 11.5. The molecule has 1 aliphatic rings. The van der Waals surface area contributed by atoms with E-state index in [1.807, 2.05) is 24.8 Å². The van der Waals surface area contributed by atoms with Crippen molar-refractivity contribution in [3.8, 4) is 6.07 Å². The third-order valence-corrected chi connectivity index (χ3v) is 3.65. The summed E-state index contributed by atoms with van der Waals surface area (Å²) in [6, 6.07) is 2.01. The van der Waals surface area contributed by atoms with Crippen LogP contribution < -0.4 is 5.32 Å². The molecule has 0 aromatic rings. The molecule has 0 aromatic heterocycles. The number of carbonyl (C=O) groups excluding carboxylic acids is 1. The van der Waals surface area contributed by atoms with Crippen LogP contribution in [0.5, 0.6) is 0 Å². The van der Waals surface area contributed by atoms with Gasteiger partial charge in [-0.2, -0.15) is 17.0 Å². The van der Waals surface area contributed by atoms with Crippen molar-refractivity contribution in [1.29, 1.82) is 5.26 Å². The molecule has 1 amide bonds. The fourth-order valence-electron chi connectivity index (χ4n) is 1.62. The van der Waals surface area contributed by atoms with Crippen LogP contribution in [-0.4, -0.2) is 48.5 Å². The summed E-state index contributed by atoms with van der Waals surface area (Å²) in [5.41, 5.74) is 0. The lowest BCUT2D eigenvalue weighted by atomic mass is 10.1. The van der Waals surface area contributed by atoms with E-state index in [4.69, 9.17) is 5.26 Å². The molecule has 0 saturated carbocycles. The van der Waals surface area contributed by atoms with Crippen LogP contribution in [0.4, 0.5) is 0 Å². The largest absolute Gasteiger partial charge is 0.354 e. The summed E-state index contributed by atoms with van der Waals surface area (Å²) < 4.78 is 0. The zero-order chi connectivity index (χ0) is 11.8. The minimum absolute atomic E-state index is 0.128. The van der Waals surface area contributed by atoms with Gasteiger partial charge in [0.05, 0.1) is 6.07 Å². The van der Waals surface area contributed by atoms with Gasteiger partial charge in [0.1, 0.15) is 5.92 Å². The Kier molecular flexibility index (Phi) is 6.27. The van der Waals surface area contributed by atoms with E-state index in [1.54, 1.807) is 0 Å². The van der Waals surface area contributed by atoms with Gasteiger partial charge in [-0.15, -0.1) is 0 Å². The van der Waals surface area contributed by atoms with E-state index in [2.05, 4.69) is 10.2 Å². The van der Waals surface area contributed by atoms with Crippen LogP contribution in [0.15, 0.2) is 0 Å². The van der Waals surface area contributed by atoms with Gasteiger partial charge in [0.25, 0.3) is 0 Å². The van der Waals surface area contributed by atoms with E-state index in [1.165, 1.54) is 11.5 Å². The van der Waals surface area contributed by atoms with Gasteiger partial charge in [-0.05, 0) is 6.42 Å². The predicted octanol–water partition coefficient (Wildman–Crippen LogP) is 0.701. The second kappa shape index (κ2) is 7.53.